The minimum atomic E-state index is -0.716. The van der Waals surface area contributed by atoms with Crippen molar-refractivity contribution >= 4 is 17.5 Å². The van der Waals surface area contributed by atoms with Crippen LogP contribution in [0.4, 0.5) is 0 Å². The number of hydrogen-bond donors (Lipinski definition) is 2. The molecular weight excluding hydrogens is 254 g/mol. The zero-order valence-corrected chi connectivity index (χ0v) is 11.6. The van der Waals surface area contributed by atoms with Gasteiger partial charge < -0.3 is 5.32 Å². The summed E-state index contributed by atoms with van der Waals surface area (Å²) in [5, 5.41) is 6.63. The van der Waals surface area contributed by atoms with Gasteiger partial charge in [0, 0.05) is 5.71 Å². The molecule has 5 heteroatoms. The van der Waals surface area contributed by atoms with Crippen molar-refractivity contribution in [2.24, 2.45) is 5.10 Å². The molecule has 1 aliphatic rings. The molecule has 0 saturated heterocycles. The van der Waals surface area contributed by atoms with Gasteiger partial charge in [-0.2, -0.15) is 5.10 Å². The topological polar surface area (TPSA) is 70.6 Å². The molecule has 20 heavy (non-hydrogen) atoms. The molecule has 2 amide bonds. The molecule has 1 fully saturated rings. The lowest BCUT2D eigenvalue weighted by molar-refractivity contribution is -0.139. The first-order valence-electron chi connectivity index (χ1n) is 6.88. The molecule has 0 aromatic heterocycles. The summed E-state index contributed by atoms with van der Waals surface area (Å²) >= 11 is 0. The molecule has 1 atom stereocenters. The van der Waals surface area contributed by atoms with E-state index in [0.29, 0.717) is 0 Å². The van der Waals surface area contributed by atoms with E-state index in [-0.39, 0.29) is 6.04 Å². The van der Waals surface area contributed by atoms with E-state index in [0.717, 1.165) is 37.0 Å². The molecule has 5 nitrogen and oxygen atoms in total. The van der Waals surface area contributed by atoms with Crippen molar-refractivity contribution in [2.45, 2.75) is 38.6 Å². The molecule has 0 spiro atoms. The van der Waals surface area contributed by atoms with E-state index in [4.69, 9.17) is 0 Å². The van der Waals surface area contributed by atoms with E-state index in [1.165, 1.54) is 0 Å². The Bertz CT molecular complexity index is 503. The fourth-order valence-electron chi connectivity index (χ4n) is 2.16. The van der Waals surface area contributed by atoms with Crippen LogP contribution in [0.2, 0.25) is 0 Å². The molecule has 1 aliphatic carbocycles. The standard InChI is InChI=1S/C15H19N3O2/c1-11(12-7-3-2-4-8-12)16-14(19)15(20)18-17-13-9-5-6-10-13/h2-4,7-8,11H,5-6,9-10H2,1H3,(H,16,19)(H,18,20)/t11-/m0/s1. The zero-order valence-electron chi connectivity index (χ0n) is 11.6. The summed E-state index contributed by atoms with van der Waals surface area (Å²) in [5.74, 6) is -1.38. The van der Waals surface area contributed by atoms with Gasteiger partial charge in [-0.25, -0.2) is 5.43 Å². The maximum absolute atomic E-state index is 11.7. The van der Waals surface area contributed by atoms with Crippen molar-refractivity contribution in [1.29, 1.82) is 0 Å². The van der Waals surface area contributed by atoms with Crippen molar-refractivity contribution in [3.63, 3.8) is 0 Å². The summed E-state index contributed by atoms with van der Waals surface area (Å²) in [7, 11) is 0. The Hall–Kier alpha value is -2.17. The van der Waals surface area contributed by atoms with Gasteiger partial charge in [-0.1, -0.05) is 30.3 Å². The first-order valence-corrected chi connectivity index (χ1v) is 6.88. The fourth-order valence-corrected chi connectivity index (χ4v) is 2.16. The third kappa shape index (κ3) is 3.91. The Morgan fingerprint density at radius 2 is 1.75 bits per heavy atom. The third-order valence-corrected chi connectivity index (χ3v) is 3.35. The smallest absolute Gasteiger partial charge is 0.329 e. The van der Waals surface area contributed by atoms with Crippen LogP contribution in [0.15, 0.2) is 35.4 Å². The molecule has 0 bridgehead atoms. The second-order valence-electron chi connectivity index (χ2n) is 4.93. The lowest BCUT2D eigenvalue weighted by Crippen LogP contribution is -2.39. The molecule has 106 valence electrons. The SMILES string of the molecule is C[C@H](NC(=O)C(=O)NN=C1CCCC1)c1ccccc1. The molecule has 1 aromatic rings. The van der Waals surface area contributed by atoms with E-state index >= 15 is 0 Å². The van der Waals surface area contributed by atoms with Gasteiger partial charge in [0.2, 0.25) is 0 Å². The van der Waals surface area contributed by atoms with Gasteiger partial charge in [-0.15, -0.1) is 0 Å². The number of carbonyl (C=O) groups excluding carboxylic acids is 2. The second-order valence-corrected chi connectivity index (χ2v) is 4.93. The van der Waals surface area contributed by atoms with Gasteiger partial charge >= 0.3 is 11.8 Å². The van der Waals surface area contributed by atoms with Crippen molar-refractivity contribution < 1.29 is 9.59 Å². The Labute approximate surface area is 118 Å². The number of nitrogens with zero attached hydrogens (tertiary/aromatic N) is 1. The van der Waals surface area contributed by atoms with Crippen LogP contribution in [-0.2, 0) is 9.59 Å². The normalized spacial score (nSPS) is 15.6. The van der Waals surface area contributed by atoms with E-state index in [9.17, 15) is 9.59 Å². The average molecular weight is 273 g/mol. The van der Waals surface area contributed by atoms with Gasteiger partial charge in [0.15, 0.2) is 0 Å². The van der Waals surface area contributed by atoms with Gasteiger partial charge in [0.25, 0.3) is 0 Å². The van der Waals surface area contributed by atoms with Crippen LogP contribution >= 0.6 is 0 Å². The third-order valence-electron chi connectivity index (χ3n) is 3.35. The number of rotatable bonds is 3. The number of benzene rings is 1. The minimum absolute atomic E-state index is 0.214. The predicted molar refractivity (Wildman–Crippen MR) is 77.0 cm³/mol. The molecule has 0 radical (unpaired) electrons. The maximum Gasteiger partial charge on any atom is 0.329 e. The first-order chi connectivity index (χ1) is 9.66. The highest BCUT2D eigenvalue weighted by Crippen LogP contribution is 2.14. The summed E-state index contributed by atoms with van der Waals surface area (Å²) in [5.41, 5.74) is 4.23. The summed E-state index contributed by atoms with van der Waals surface area (Å²) in [4.78, 5) is 23.4. The molecule has 0 unspecified atom stereocenters. The number of carbonyl (C=O) groups is 2. The number of nitrogens with one attached hydrogen (secondary N) is 2. The number of amides is 2. The highest BCUT2D eigenvalue weighted by Gasteiger charge is 2.17. The largest absolute Gasteiger partial charge is 0.341 e. The van der Waals surface area contributed by atoms with Crippen LogP contribution in [0.3, 0.4) is 0 Å². The van der Waals surface area contributed by atoms with Crippen LogP contribution < -0.4 is 10.7 Å². The van der Waals surface area contributed by atoms with Crippen molar-refractivity contribution in [2.75, 3.05) is 0 Å². The van der Waals surface area contributed by atoms with Gasteiger partial charge in [-0.05, 0) is 38.2 Å². The molecule has 2 N–H and O–H groups in total. The summed E-state index contributed by atoms with van der Waals surface area (Å²) < 4.78 is 0. The van der Waals surface area contributed by atoms with Gasteiger partial charge in [0.05, 0.1) is 6.04 Å². The Balaban J connectivity index is 1.84. The highest BCUT2D eigenvalue weighted by molar-refractivity contribution is 6.35. The summed E-state index contributed by atoms with van der Waals surface area (Å²) in [6.07, 6.45) is 4.02. The van der Waals surface area contributed by atoms with Crippen molar-refractivity contribution in [3.8, 4) is 0 Å². The number of hydrogen-bond acceptors (Lipinski definition) is 3. The summed E-state index contributed by atoms with van der Waals surface area (Å²) in [6, 6.07) is 9.29. The lowest BCUT2D eigenvalue weighted by atomic mass is 10.1. The fraction of sp³-hybridized carbons (Fsp3) is 0.400. The van der Waals surface area contributed by atoms with E-state index < -0.39 is 11.8 Å². The Kier molecular flexibility index (Phi) is 4.87. The lowest BCUT2D eigenvalue weighted by Gasteiger charge is -2.13. The molecular formula is C15H19N3O2. The predicted octanol–water partition coefficient (Wildman–Crippen LogP) is 1.91. The van der Waals surface area contributed by atoms with Gasteiger partial charge in [0.1, 0.15) is 0 Å². The molecule has 0 heterocycles. The van der Waals surface area contributed by atoms with E-state index in [1.54, 1.807) is 0 Å². The van der Waals surface area contributed by atoms with Crippen LogP contribution in [0, 0.1) is 0 Å². The van der Waals surface area contributed by atoms with E-state index in [2.05, 4.69) is 15.8 Å². The zero-order chi connectivity index (χ0) is 14.4. The van der Waals surface area contributed by atoms with Crippen LogP contribution in [0.1, 0.15) is 44.2 Å². The van der Waals surface area contributed by atoms with Crippen LogP contribution in [0.25, 0.3) is 0 Å². The quantitative estimate of drug-likeness (QED) is 0.652. The first kappa shape index (κ1) is 14.2. The van der Waals surface area contributed by atoms with Gasteiger partial charge in [-0.3, -0.25) is 9.59 Å². The van der Waals surface area contributed by atoms with E-state index in [1.807, 2.05) is 37.3 Å². The number of hydrazone groups is 1. The van der Waals surface area contributed by atoms with Crippen molar-refractivity contribution in [3.05, 3.63) is 35.9 Å². The molecule has 1 saturated carbocycles. The van der Waals surface area contributed by atoms with Crippen LogP contribution in [-0.4, -0.2) is 17.5 Å². The Morgan fingerprint density at radius 3 is 2.40 bits per heavy atom. The summed E-state index contributed by atoms with van der Waals surface area (Å²) in [6.45, 7) is 1.84. The monoisotopic (exact) mass is 273 g/mol. The molecule has 1 aromatic carbocycles. The maximum atomic E-state index is 11.7. The minimum Gasteiger partial charge on any atom is -0.341 e. The second kappa shape index (κ2) is 6.84. The van der Waals surface area contributed by atoms with Crippen LogP contribution in [0.5, 0.6) is 0 Å². The molecule has 2 rings (SSSR count). The van der Waals surface area contributed by atoms with Crippen molar-refractivity contribution in [1.82, 2.24) is 10.7 Å². The Morgan fingerprint density at radius 1 is 1.10 bits per heavy atom. The molecule has 0 aliphatic heterocycles. The highest BCUT2D eigenvalue weighted by atomic mass is 16.2. The average Bonchev–Trinajstić information content (AvgIpc) is 2.98.